The van der Waals surface area contributed by atoms with Gasteiger partial charge in [0.2, 0.25) is 0 Å². The maximum atomic E-state index is 13.9. The molecule has 0 bridgehead atoms. The molecule has 1 heterocycles. The first kappa shape index (κ1) is 14.0. The summed E-state index contributed by atoms with van der Waals surface area (Å²) >= 11 is 0. The van der Waals surface area contributed by atoms with Crippen LogP contribution in [-0.4, -0.2) is 22.9 Å². The Bertz CT molecular complexity index is 477. The molecule has 0 saturated carbocycles. The third kappa shape index (κ3) is 2.63. The minimum absolute atomic E-state index is 0.0902. The van der Waals surface area contributed by atoms with E-state index in [1.165, 1.54) is 6.07 Å². The van der Waals surface area contributed by atoms with Crippen LogP contribution in [0.1, 0.15) is 55.6 Å². The van der Waals surface area contributed by atoms with E-state index in [9.17, 15) is 9.18 Å². The van der Waals surface area contributed by atoms with Gasteiger partial charge < -0.3 is 10.6 Å². The minimum Gasteiger partial charge on any atom is -0.333 e. The second-order valence-electron chi connectivity index (χ2n) is 5.51. The minimum atomic E-state index is -0.402. The molecule has 2 rings (SSSR count). The Labute approximate surface area is 113 Å². The molecule has 3 nitrogen and oxygen atoms in total. The quantitative estimate of drug-likeness (QED) is 0.892. The first-order valence-electron chi connectivity index (χ1n) is 6.79. The van der Waals surface area contributed by atoms with Crippen molar-refractivity contribution in [2.75, 3.05) is 0 Å². The molecule has 3 atom stereocenters. The van der Waals surface area contributed by atoms with Gasteiger partial charge in [0.1, 0.15) is 5.82 Å². The number of hydrogen-bond donors (Lipinski definition) is 1. The Kier molecular flexibility index (Phi) is 3.90. The van der Waals surface area contributed by atoms with E-state index in [1.807, 2.05) is 18.7 Å². The predicted molar refractivity (Wildman–Crippen MR) is 73.3 cm³/mol. The van der Waals surface area contributed by atoms with Gasteiger partial charge in [-0.2, -0.15) is 0 Å². The average Bonchev–Trinajstić information content (AvgIpc) is 2.67. The van der Waals surface area contributed by atoms with Crippen molar-refractivity contribution in [2.45, 2.75) is 51.7 Å². The fourth-order valence-electron chi connectivity index (χ4n) is 2.77. The van der Waals surface area contributed by atoms with Gasteiger partial charge in [-0.25, -0.2) is 4.39 Å². The lowest BCUT2D eigenvalue weighted by molar-refractivity contribution is 0.0692. The van der Waals surface area contributed by atoms with Gasteiger partial charge in [-0.1, -0.05) is 6.07 Å². The number of amides is 1. The normalized spacial score (nSPS) is 24.6. The summed E-state index contributed by atoms with van der Waals surface area (Å²) in [7, 11) is 0. The van der Waals surface area contributed by atoms with Crippen LogP contribution < -0.4 is 5.73 Å². The molecule has 0 radical (unpaired) electrons. The molecule has 1 fully saturated rings. The lowest BCUT2D eigenvalue weighted by Crippen LogP contribution is -2.38. The molecule has 4 heteroatoms. The average molecular weight is 264 g/mol. The number of carbonyl (C=O) groups is 1. The highest BCUT2D eigenvalue weighted by Gasteiger charge is 2.32. The number of benzene rings is 1. The molecule has 2 unspecified atom stereocenters. The third-order valence-electron chi connectivity index (χ3n) is 3.92. The van der Waals surface area contributed by atoms with Crippen LogP contribution in [0.15, 0.2) is 18.2 Å². The first-order chi connectivity index (χ1) is 8.91. The molecule has 1 aromatic rings. The van der Waals surface area contributed by atoms with E-state index in [-0.39, 0.29) is 24.0 Å². The van der Waals surface area contributed by atoms with Crippen molar-refractivity contribution in [3.63, 3.8) is 0 Å². The molecule has 104 valence electrons. The first-order valence-corrected chi connectivity index (χ1v) is 6.79. The zero-order valence-electron chi connectivity index (χ0n) is 11.7. The van der Waals surface area contributed by atoms with Gasteiger partial charge in [0.15, 0.2) is 0 Å². The molecule has 1 aliphatic rings. The number of halogens is 1. The van der Waals surface area contributed by atoms with Crippen LogP contribution in [0.3, 0.4) is 0 Å². The summed E-state index contributed by atoms with van der Waals surface area (Å²) in [5.74, 6) is -0.493. The smallest absolute Gasteiger partial charge is 0.254 e. The third-order valence-corrected chi connectivity index (χ3v) is 3.92. The zero-order valence-corrected chi connectivity index (χ0v) is 11.7. The number of rotatable bonds is 2. The molecular weight excluding hydrogens is 243 g/mol. The highest BCUT2D eigenvalue weighted by molar-refractivity contribution is 5.94. The van der Waals surface area contributed by atoms with E-state index in [4.69, 9.17) is 5.73 Å². The lowest BCUT2D eigenvalue weighted by atomic mass is 10.0. The van der Waals surface area contributed by atoms with Gasteiger partial charge >= 0.3 is 0 Å². The molecular formula is C15H21FN2O. The summed E-state index contributed by atoms with van der Waals surface area (Å²) in [5, 5.41) is 0. The van der Waals surface area contributed by atoms with Crippen LogP contribution in [0.4, 0.5) is 4.39 Å². The second-order valence-corrected chi connectivity index (χ2v) is 5.51. The van der Waals surface area contributed by atoms with Crippen molar-refractivity contribution >= 4 is 5.91 Å². The van der Waals surface area contributed by atoms with Crippen LogP contribution >= 0.6 is 0 Å². The predicted octanol–water partition coefficient (Wildman–Crippen LogP) is 2.86. The molecule has 1 aliphatic heterocycles. The SMILES string of the molecule is CC1CCC(C)N1C(=O)c1ccc([C@@H](C)N)c(F)c1. The van der Waals surface area contributed by atoms with Crippen molar-refractivity contribution in [2.24, 2.45) is 5.73 Å². The summed E-state index contributed by atoms with van der Waals surface area (Å²) in [6.07, 6.45) is 2.01. The van der Waals surface area contributed by atoms with E-state index >= 15 is 0 Å². The topological polar surface area (TPSA) is 46.3 Å². The highest BCUT2D eigenvalue weighted by atomic mass is 19.1. The summed E-state index contributed by atoms with van der Waals surface area (Å²) in [6.45, 7) is 5.80. The maximum absolute atomic E-state index is 13.9. The van der Waals surface area contributed by atoms with E-state index in [2.05, 4.69) is 0 Å². The summed E-state index contributed by atoms with van der Waals surface area (Å²) in [4.78, 5) is 14.3. The summed E-state index contributed by atoms with van der Waals surface area (Å²) < 4.78 is 13.9. The van der Waals surface area contributed by atoms with Crippen LogP contribution in [0.2, 0.25) is 0 Å². The van der Waals surface area contributed by atoms with Crippen molar-refractivity contribution in [3.8, 4) is 0 Å². The maximum Gasteiger partial charge on any atom is 0.254 e. The molecule has 19 heavy (non-hydrogen) atoms. The molecule has 0 spiro atoms. The Morgan fingerprint density at radius 1 is 1.37 bits per heavy atom. The van der Waals surface area contributed by atoms with Crippen LogP contribution in [0, 0.1) is 5.82 Å². The van der Waals surface area contributed by atoms with E-state index < -0.39 is 5.82 Å². The second kappa shape index (κ2) is 5.29. The molecule has 0 aromatic heterocycles. The summed E-state index contributed by atoms with van der Waals surface area (Å²) in [5.41, 5.74) is 6.52. The van der Waals surface area contributed by atoms with E-state index in [0.717, 1.165) is 12.8 Å². The van der Waals surface area contributed by atoms with E-state index in [0.29, 0.717) is 11.1 Å². The molecule has 2 N–H and O–H groups in total. The van der Waals surface area contributed by atoms with Crippen molar-refractivity contribution in [3.05, 3.63) is 35.1 Å². The monoisotopic (exact) mass is 264 g/mol. The van der Waals surface area contributed by atoms with Crippen LogP contribution in [0.5, 0.6) is 0 Å². The van der Waals surface area contributed by atoms with Gasteiger partial charge in [0, 0.05) is 29.3 Å². The number of nitrogens with zero attached hydrogens (tertiary/aromatic N) is 1. The standard InChI is InChI=1S/C15H21FN2O/c1-9-4-5-10(2)18(9)15(19)12-6-7-13(11(3)17)14(16)8-12/h6-11H,4-5,17H2,1-3H3/t9?,10?,11-/m1/s1. The number of hydrogen-bond acceptors (Lipinski definition) is 2. The van der Waals surface area contributed by atoms with E-state index in [1.54, 1.807) is 19.1 Å². The Morgan fingerprint density at radius 2 is 1.95 bits per heavy atom. The van der Waals surface area contributed by atoms with Crippen LogP contribution in [-0.2, 0) is 0 Å². The van der Waals surface area contributed by atoms with Gasteiger partial charge in [-0.15, -0.1) is 0 Å². The number of likely N-dealkylation sites (tertiary alicyclic amines) is 1. The van der Waals surface area contributed by atoms with Gasteiger partial charge in [-0.05, 0) is 45.7 Å². The summed E-state index contributed by atoms with van der Waals surface area (Å²) in [6, 6.07) is 4.66. The molecule has 0 aliphatic carbocycles. The van der Waals surface area contributed by atoms with Crippen LogP contribution in [0.25, 0.3) is 0 Å². The zero-order chi connectivity index (χ0) is 14.2. The van der Waals surface area contributed by atoms with Crippen molar-refractivity contribution in [1.29, 1.82) is 0 Å². The molecule has 1 amide bonds. The number of carbonyl (C=O) groups excluding carboxylic acids is 1. The van der Waals surface area contributed by atoms with Gasteiger partial charge in [0.05, 0.1) is 0 Å². The highest BCUT2D eigenvalue weighted by Crippen LogP contribution is 2.26. The van der Waals surface area contributed by atoms with Crippen molar-refractivity contribution in [1.82, 2.24) is 4.90 Å². The fraction of sp³-hybridized carbons (Fsp3) is 0.533. The largest absolute Gasteiger partial charge is 0.333 e. The fourth-order valence-corrected chi connectivity index (χ4v) is 2.77. The van der Waals surface area contributed by atoms with Gasteiger partial charge in [0.25, 0.3) is 5.91 Å². The molecule has 1 saturated heterocycles. The Balaban J connectivity index is 2.27. The van der Waals surface area contributed by atoms with Gasteiger partial charge in [-0.3, -0.25) is 4.79 Å². The molecule has 1 aromatic carbocycles. The number of nitrogens with two attached hydrogens (primary N) is 1. The lowest BCUT2D eigenvalue weighted by Gasteiger charge is -2.26. The Hall–Kier alpha value is -1.42. The Morgan fingerprint density at radius 3 is 2.42 bits per heavy atom. The van der Waals surface area contributed by atoms with Crippen molar-refractivity contribution < 1.29 is 9.18 Å².